The van der Waals surface area contributed by atoms with Gasteiger partial charge in [0.05, 0.1) is 16.6 Å². The van der Waals surface area contributed by atoms with Crippen molar-refractivity contribution in [1.29, 1.82) is 0 Å². The summed E-state index contributed by atoms with van der Waals surface area (Å²) in [6, 6.07) is 24.6. The van der Waals surface area contributed by atoms with Gasteiger partial charge in [0.25, 0.3) is 11.8 Å². The van der Waals surface area contributed by atoms with Crippen LogP contribution in [0, 0.1) is 0 Å². The molecule has 2 amide bonds. The number of carbonyl (C=O) groups excluding carboxylic acids is 2. The summed E-state index contributed by atoms with van der Waals surface area (Å²) in [6.45, 7) is 0. The molecule has 4 rings (SSSR count). The highest BCUT2D eigenvalue weighted by atomic mass is 32.2. The standard InChI is InChI=1S/C24H22N4O4S/c1-33(31,32)20-14-12-18(13-15-20)23(29)25-26-24(30)21-16-22(17-8-4-2-5-9-17)28(27-21)19-10-6-3-7-11-19/h2-15,22H,16H2,1H3,(H,25,29)(H,26,30). The van der Waals surface area contributed by atoms with E-state index in [1.165, 1.54) is 24.3 Å². The molecule has 1 unspecified atom stereocenters. The van der Waals surface area contributed by atoms with Gasteiger partial charge >= 0.3 is 0 Å². The van der Waals surface area contributed by atoms with E-state index in [1.807, 2.05) is 60.7 Å². The van der Waals surface area contributed by atoms with Crippen LogP contribution in [0.4, 0.5) is 5.69 Å². The second kappa shape index (κ2) is 9.25. The molecule has 0 aliphatic carbocycles. The second-order valence-corrected chi connectivity index (χ2v) is 9.58. The van der Waals surface area contributed by atoms with Gasteiger partial charge in [-0.3, -0.25) is 25.4 Å². The quantitative estimate of drug-likeness (QED) is 0.567. The third-order valence-corrected chi connectivity index (χ3v) is 6.34. The number of nitrogens with zero attached hydrogens (tertiary/aromatic N) is 2. The molecule has 9 heteroatoms. The SMILES string of the molecule is CS(=O)(=O)c1ccc(C(=O)NNC(=O)C2=NN(c3ccccc3)C(c3ccccc3)C2)cc1. The topological polar surface area (TPSA) is 108 Å². The third-order valence-electron chi connectivity index (χ3n) is 5.21. The summed E-state index contributed by atoms with van der Waals surface area (Å²) in [6.07, 6.45) is 1.45. The molecule has 1 atom stereocenters. The number of hydrogen-bond acceptors (Lipinski definition) is 6. The lowest BCUT2D eigenvalue weighted by Gasteiger charge is -2.23. The largest absolute Gasteiger partial charge is 0.285 e. The molecule has 3 aromatic rings. The highest BCUT2D eigenvalue weighted by molar-refractivity contribution is 7.90. The average molecular weight is 463 g/mol. The number of nitrogens with one attached hydrogen (secondary N) is 2. The lowest BCUT2D eigenvalue weighted by molar-refractivity contribution is -0.115. The van der Waals surface area contributed by atoms with Gasteiger partial charge in [-0.2, -0.15) is 5.10 Å². The number of amides is 2. The summed E-state index contributed by atoms with van der Waals surface area (Å²) in [5.74, 6) is -1.09. The lowest BCUT2D eigenvalue weighted by Crippen LogP contribution is -2.44. The van der Waals surface area contributed by atoms with E-state index >= 15 is 0 Å². The summed E-state index contributed by atoms with van der Waals surface area (Å²) in [4.78, 5) is 25.2. The van der Waals surface area contributed by atoms with E-state index in [4.69, 9.17) is 0 Å². The van der Waals surface area contributed by atoms with Crippen LogP contribution in [-0.4, -0.2) is 32.2 Å². The van der Waals surface area contributed by atoms with E-state index in [0.717, 1.165) is 17.5 Å². The first-order chi connectivity index (χ1) is 15.8. The average Bonchev–Trinajstić information content (AvgIpc) is 3.29. The van der Waals surface area contributed by atoms with E-state index < -0.39 is 21.7 Å². The number of rotatable bonds is 5. The van der Waals surface area contributed by atoms with Gasteiger partial charge in [-0.15, -0.1) is 0 Å². The van der Waals surface area contributed by atoms with E-state index in [2.05, 4.69) is 16.0 Å². The number of para-hydroxylation sites is 1. The van der Waals surface area contributed by atoms with E-state index in [0.29, 0.717) is 6.42 Å². The maximum atomic E-state index is 12.8. The number of hydrazine groups is 1. The van der Waals surface area contributed by atoms with Gasteiger partial charge in [-0.05, 0) is 42.0 Å². The summed E-state index contributed by atoms with van der Waals surface area (Å²) < 4.78 is 23.1. The van der Waals surface area contributed by atoms with Crippen molar-refractivity contribution in [1.82, 2.24) is 10.9 Å². The number of benzene rings is 3. The van der Waals surface area contributed by atoms with Crippen LogP contribution in [0.2, 0.25) is 0 Å². The molecule has 0 saturated carbocycles. The molecule has 2 N–H and O–H groups in total. The highest BCUT2D eigenvalue weighted by Crippen LogP contribution is 2.34. The fraction of sp³-hybridized carbons (Fsp3) is 0.125. The molecule has 168 valence electrons. The Bertz CT molecular complexity index is 1290. The molecule has 0 saturated heterocycles. The lowest BCUT2D eigenvalue weighted by atomic mass is 10.0. The van der Waals surface area contributed by atoms with Crippen LogP contribution in [0.5, 0.6) is 0 Å². The predicted octanol–water partition coefficient (Wildman–Crippen LogP) is 2.86. The Labute approximate surface area is 191 Å². The number of carbonyl (C=O) groups is 2. The van der Waals surface area contributed by atoms with Crippen molar-refractivity contribution in [3.63, 3.8) is 0 Å². The minimum atomic E-state index is -3.36. The molecule has 1 heterocycles. The molecule has 0 spiro atoms. The molecule has 0 bridgehead atoms. The molecule has 1 aliphatic rings. The van der Waals surface area contributed by atoms with Gasteiger partial charge in [0.15, 0.2) is 9.84 Å². The van der Waals surface area contributed by atoms with E-state index in [1.54, 1.807) is 5.01 Å². The molecular formula is C24H22N4O4S. The summed E-state index contributed by atoms with van der Waals surface area (Å²) in [5.41, 5.74) is 7.11. The Morgan fingerprint density at radius 3 is 2.03 bits per heavy atom. The van der Waals surface area contributed by atoms with Crippen LogP contribution in [0.15, 0.2) is 94.9 Å². The van der Waals surface area contributed by atoms with Crippen molar-refractivity contribution in [2.75, 3.05) is 11.3 Å². The first-order valence-corrected chi connectivity index (χ1v) is 12.1. The van der Waals surface area contributed by atoms with Crippen LogP contribution >= 0.6 is 0 Å². The number of anilines is 1. The Balaban J connectivity index is 1.47. The van der Waals surface area contributed by atoms with Crippen LogP contribution in [-0.2, 0) is 14.6 Å². The van der Waals surface area contributed by atoms with Crippen LogP contribution in [0.1, 0.15) is 28.4 Å². The zero-order valence-electron chi connectivity index (χ0n) is 17.8. The van der Waals surface area contributed by atoms with Crippen molar-refractivity contribution < 1.29 is 18.0 Å². The van der Waals surface area contributed by atoms with Crippen LogP contribution < -0.4 is 15.9 Å². The van der Waals surface area contributed by atoms with Crippen molar-refractivity contribution in [3.05, 3.63) is 96.1 Å². The smallest absolute Gasteiger partial charge is 0.267 e. The third kappa shape index (κ3) is 5.09. The number of hydrazone groups is 1. The molecule has 33 heavy (non-hydrogen) atoms. The van der Waals surface area contributed by atoms with Gasteiger partial charge in [-0.25, -0.2) is 8.42 Å². The predicted molar refractivity (Wildman–Crippen MR) is 125 cm³/mol. The first kappa shape index (κ1) is 22.2. The Morgan fingerprint density at radius 1 is 0.848 bits per heavy atom. The molecular weight excluding hydrogens is 440 g/mol. The van der Waals surface area contributed by atoms with Gasteiger partial charge < -0.3 is 0 Å². The maximum absolute atomic E-state index is 12.8. The fourth-order valence-corrected chi connectivity index (χ4v) is 4.14. The Morgan fingerprint density at radius 2 is 1.42 bits per heavy atom. The summed E-state index contributed by atoms with van der Waals surface area (Å²) in [7, 11) is -3.36. The maximum Gasteiger partial charge on any atom is 0.285 e. The van der Waals surface area contributed by atoms with Gasteiger partial charge in [0, 0.05) is 18.2 Å². The Kier molecular flexibility index (Phi) is 6.23. The number of hydrogen-bond donors (Lipinski definition) is 2. The van der Waals surface area contributed by atoms with Crippen molar-refractivity contribution in [2.45, 2.75) is 17.4 Å². The van der Waals surface area contributed by atoms with Gasteiger partial charge in [-0.1, -0.05) is 48.5 Å². The summed E-state index contributed by atoms with van der Waals surface area (Å²) >= 11 is 0. The minimum Gasteiger partial charge on any atom is -0.267 e. The second-order valence-electron chi connectivity index (χ2n) is 7.56. The zero-order valence-corrected chi connectivity index (χ0v) is 18.6. The molecule has 0 aromatic heterocycles. The van der Waals surface area contributed by atoms with Crippen molar-refractivity contribution >= 4 is 33.1 Å². The highest BCUT2D eigenvalue weighted by Gasteiger charge is 2.32. The van der Waals surface area contributed by atoms with E-state index in [-0.39, 0.29) is 22.2 Å². The summed E-state index contributed by atoms with van der Waals surface area (Å²) in [5, 5.41) is 6.33. The first-order valence-electron chi connectivity index (χ1n) is 10.2. The normalized spacial score (nSPS) is 15.6. The monoisotopic (exact) mass is 462 g/mol. The molecule has 0 radical (unpaired) electrons. The van der Waals surface area contributed by atoms with Crippen molar-refractivity contribution in [3.8, 4) is 0 Å². The van der Waals surface area contributed by atoms with Crippen LogP contribution in [0.25, 0.3) is 0 Å². The zero-order chi connectivity index (χ0) is 23.4. The van der Waals surface area contributed by atoms with Crippen LogP contribution in [0.3, 0.4) is 0 Å². The molecule has 8 nitrogen and oxygen atoms in total. The van der Waals surface area contributed by atoms with Gasteiger partial charge in [0.1, 0.15) is 5.71 Å². The Hall–Kier alpha value is -3.98. The molecule has 1 aliphatic heterocycles. The fourth-order valence-electron chi connectivity index (χ4n) is 3.51. The minimum absolute atomic E-state index is 0.108. The molecule has 0 fully saturated rings. The molecule has 3 aromatic carbocycles. The van der Waals surface area contributed by atoms with E-state index in [9.17, 15) is 18.0 Å². The van der Waals surface area contributed by atoms with Crippen molar-refractivity contribution in [2.24, 2.45) is 5.10 Å². The number of sulfone groups is 1. The van der Waals surface area contributed by atoms with Gasteiger partial charge in [0.2, 0.25) is 0 Å².